The van der Waals surface area contributed by atoms with E-state index in [1.165, 1.54) is 23.1 Å². The van der Waals surface area contributed by atoms with Crippen molar-refractivity contribution >= 4 is 50.0 Å². The van der Waals surface area contributed by atoms with Crippen molar-refractivity contribution in [3.05, 3.63) is 10.8 Å². The fourth-order valence-corrected chi connectivity index (χ4v) is 3.55. The zero-order valence-electron chi connectivity index (χ0n) is 11.4. The van der Waals surface area contributed by atoms with Gasteiger partial charge in [-0.15, -0.1) is 10.2 Å². The number of rotatable bonds is 6. The maximum Gasteiger partial charge on any atom is 0.208 e. The third-order valence-corrected chi connectivity index (χ3v) is 5.42. The molecule has 0 aliphatic carbocycles. The molecule has 0 aliphatic rings. The fraction of sp³-hybridized carbons (Fsp3) is 0.455. The Hall–Kier alpha value is -0.930. The van der Waals surface area contributed by atoms with Gasteiger partial charge >= 0.3 is 0 Å². The van der Waals surface area contributed by atoms with Crippen LogP contribution in [0.1, 0.15) is 13.3 Å². The molecule has 9 heteroatoms. The van der Waals surface area contributed by atoms with Crippen LogP contribution in [0.3, 0.4) is 0 Å². The molecule has 108 valence electrons. The Morgan fingerprint density at radius 2 is 2.15 bits per heavy atom. The van der Waals surface area contributed by atoms with Crippen molar-refractivity contribution in [2.24, 2.45) is 0 Å². The Bertz CT molecular complexity index is 574. The van der Waals surface area contributed by atoms with E-state index in [9.17, 15) is 0 Å². The lowest BCUT2D eigenvalue weighted by atomic mass is 10.4. The zero-order chi connectivity index (χ0) is 14.5. The zero-order valence-corrected chi connectivity index (χ0v) is 14.6. The van der Waals surface area contributed by atoms with E-state index >= 15 is 0 Å². The molecule has 20 heavy (non-hydrogen) atoms. The van der Waals surface area contributed by atoms with E-state index in [0.717, 1.165) is 37.8 Å². The van der Waals surface area contributed by atoms with Gasteiger partial charge in [0.2, 0.25) is 5.13 Å². The van der Waals surface area contributed by atoms with Crippen LogP contribution in [0, 0.1) is 0 Å². The summed E-state index contributed by atoms with van der Waals surface area (Å²) in [5.41, 5.74) is 0. The Balaban J connectivity index is 2.15. The highest BCUT2D eigenvalue weighted by atomic mass is 79.9. The summed E-state index contributed by atoms with van der Waals surface area (Å²) in [5, 5.41) is 13.2. The molecule has 1 N–H and O–H groups in total. The Morgan fingerprint density at radius 1 is 1.35 bits per heavy atom. The largest absolute Gasteiger partial charge is 0.369 e. The summed E-state index contributed by atoms with van der Waals surface area (Å²) >= 11 is 6.56. The van der Waals surface area contributed by atoms with E-state index in [2.05, 4.69) is 48.3 Å². The van der Waals surface area contributed by atoms with Gasteiger partial charge in [-0.3, -0.25) is 0 Å². The van der Waals surface area contributed by atoms with Crippen molar-refractivity contribution in [2.45, 2.75) is 22.7 Å². The van der Waals surface area contributed by atoms with Gasteiger partial charge in [-0.1, -0.05) is 18.3 Å². The van der Waals surface area contributed by atoms with Crippen LogP contribution in [0.5, 0.6) is 0 Å². The highest BCUT2D eigenvalue weighted by molar-refractivity contribution is 9.10. The molecule has 2 rings (SSSR count). The molecule has 0 saturated carbocycles. The molecule has 2 heterocycles. The lowest BCUT2D eigenvalue weighted by Crippen LogP contribution is -2.07. The van der Waals surface area contributed by atoms with Gasteiger partial charge in [-0.05, 0) is 34.1 Å². The molecule has 0 atom stereocenters. The summed E-state index contributed by atoms with van der Waals surface area (Å²) in [7, 11) is 3.89. The van der Waals surface area contributed by atoms with Crippen LogP contribution >= 0.6 is 39.0 Å². The van der Waals surface area contributed by atoms with Gasteiger partial charge in [0.05, 0.1) is 4.47 Å². The molecule has 2 aromatic rings. The lowest BCUT2D eigenvalue weighted by molar-refractivity contribution is 0.942. The number of hydrogen-bond donors (Lipinski definition) is 1. The van der Waals surface area contributed by atoms with Gasteiger partial charge < -0.3 is 10.2 Å². The first-order valence-electron chi connectivity index (χ1n) is 6.04. The Labute approximate surface area is 134 Å². The minimum absolute atomic E-state index is 0.807. The predicted octanol–water partition coefficient (Wildman–Crippen LogP) is 3.13. The van der Waals surface area contributed by atoms with Crippen LogP contribution < -0.4 is 10.2 Å². The third kappa shape index (κ3) is 3.80. The van der Waals surface area contributed by atoms with Crippen LogP contribution in [-0.2, 0) is 0 Å². The normalized spacial score (nSPS) is 10.6. The van der Waals surface area contributed by atoms with Gasteiger partial charge in [-0.25, -0.2) is 9.97 Å². The summed E-state index contributed by atoms with van der Waals surface area (Å²) in [4.78, 5) is 10.5. The first-order chi connectivity index (χ1) is 9.61. The van der Waals surface area contributed by atoms with Crippen molar-refractivity contribution in [1.29, 1.82) is 0 Å². The second kappa shape index (κ2) is 7.19. The standard InChI is InChI=1S/C11H15BrN6S2/c1-4-5-13-8-7(12)9(15-6-14-8)19-11-17-16-10(20-11)18(2)3/h6H,4-5H2,1-3H3,(H,13,14,15). The molecule has 6 nitrogen and oxygen atoms in total. The number of hydrogen-bond acceptors (Lipinski definition) is 8. The molecular formula is C11H15BrN6S2. The first-order valence-corrected chi connectivity index (χ1v) is 8.47. The molecular weight excluding hydrogens is 360 g/mol. The highest BCUT2D eigenvalue weighted by Gasteiger charge is 2.13. The van der Waals surface area contributed by atoms with E-state index in [-0.39, 0.29) is 0 Å². The molecule has 2 aromatic heterocycles. The first kappa shape index (κ1) is 15.5. The van der Waals surface area contributed by atoms with E-state index in [1.54, 1.807) is 6.33 Å². The summed E-state index contributed by atoms with van der Waals surface area (Å²) in [6.07, 6.45) is 2.60. The number of halogens is 1. The maximum atomic E-state index is 4.29. The second-order valence-electron chi connectivity index (χ2n) is 4.12. The van der Waals surface area contributed by atoms with Crippen molar-refractivity contribution in [2.75, 3.05) is 30.9 Å². The number of nitrogens with zero attached hydrogens (tertiary/aromatic N) is 5. The van der Waals surface area contributed by atoms with Gasteiger partial charge in [0, 0.05) is 20.6 Å². The topological polar surface area (TPSA) is 66.8 Å². The van der Waals surface area contributed by atoms with Crippen molar-refractivity contribution in [3.8, 4) is 0 Å². The molecule has 0 unspecified atom stereocenters. The van der Waals surface area contributed by atoms with E-state index < -0.39 is 0 Å². The number of nitrogens with one attached hydrogen (secondary N) is 1. The summed E-state index contributed by atoms with van der Waals surface area (Å²) in [6.45, 7) is 2.99. The van der Waals surface area contributed by atoms with Crippen LogP contribution in [0.25, 0.3) is 0 Å². The van der Waals surface area contributed by atoms with Crippen molar-refractivity contribution in [3.63, 3.8) is 0 Å². The monoisotopic (exact) mass is 374 g/mol. The Kier molecular flexibility index (Phi) is 5.55. The maximum absolute atomic E-state index is 4.29. The number of anilines is 2. The molecule has 0 radical (unpaired) electrons. The highest BCUT2D eigenvalue weighted by Crippen LogP contribution is 2.37. The van der Waals surface area contributed by atoms with Crippen molar-refractivity contribution < 1.29 is 0 Å². The molecule has 0 bridgehead atoms. The second-order valence-corrected chi connectivity index (χ2v) is 7.10. The van der Waals surface area contributed by atoms with E-state index in [1.807, 2.05) is 19.0 Å². The molecule has 0 fully saturated rings. The molecule has 0 aromatic carbocycles. The van der Waals surface area contributed by atoms with Crippen LogP contribution in [0.15, 0.2) is 20.2 Å². The summed E-state index contributed by atoms with van der Waals surface area (Å²) < 4.78 is 1.72. The summed E-state index contributed by atoms with van der Waals surface area (Å²) in [5.74, 6) is 0.807. The minimum atomic E-state index is 0.807. The molecule has 0 aliphatic heterocycles. The van der Waals surface area contributed by atoms with Crippen LogP contribution in [0.2, 0.25) is 0 Å². The van der Waals surface area contributed by atoms with Crippen LogP contribution in [-0.4, -0.2) is 40.8 Å². The smallest absolute Gasteiger partial charge is 0.208 e. The average molecular weight is 375 g/mol. The van der Waals surface area contributed by atoms with Gasteiger partial charge in [0.25, 0.3) is 0 Å². The van der Waals surface area contributed by atoms with E-state index in [0.29, 0.717) is 0 Å². The third-order valence-electron chi connectivity index (χ3n) is 2.26. The Morgan fingerprint density at radius 3 is 2.80 bits per heavy atom. The summed E-state index contributed by atoms with van der Waals surface area (Å²) in [6, 6.07) is 0. The SMILES string of the molecule is CCCNc1ncnc(Sc2nnc(N(C)C)s2)c1Br. The lowest BCUT2D eigenvalue weighted by Gasteiger charge is -2.08. The van der Waals surface area contributed by atoms with Gasteiger partial charge in [-0.2, -0.15) is 0 Å². The predicted molar refractivity (Wildman–Crippen MR) is 86.9 cm³/mol. The van der Waals surface area contributed by atoms with Gasteiger partial charge in [0.1, 0.15) is 17.2 Å². The quantitative estimate of drug-likeness (QED) is 0.778. The minimum Gasteiger partial charge on any atom is -0.369 e. The average Bonchev–Trinajstić information content (AvgIpc) is 2.88. The molecule has 0 saturated heterocycles. The van der Waals surface area contributed by atoms with Crippen molar-refractivity contribution in [1.82, 2.24) is 20.2 Å². The molecule has 0 spiro atoms. The molecule has 0 amide bonds. The van der Waals surface area contributed by atoms with Crippen LogP contribution in [0.4, 0.5) is 10.9 Å². The number of aromatic nitrogens is 4. The fourth-order valence-electron chi connectivity index (χ4n) is 1.30. The van der Waals surface area contributed by atoms with Gasteiger partial charge in [0.15, 0.2) is 4.34 Å². The van der Waals surface area contributed by atoms with E-state index in [4.69, 9.17) is 0 Å².